The normalized spacial score (nSPS) is 22.4. The maximum absolute atomic E-state index is 12.3. The summed E-state index contributed by atoms with van der Waals surface area (Å²) in [6.45, 7) is 2.75. The summed E-state index contributed by atoms with van der Waals surface area (Å²) in [7, 11) is 0. The first-order valence-electron chi connectivity index (χ1n) is 6.12. The van der Waals surface area contributed by atoms with Crippen LogP contribution >= 0.6 is 0 Å². The number of ether oxygens (including phenoxy) is 1. The molecule has 8 heteroatoms. The molecule has 0 bridgehead atoms. The second kappa shape index (κ2) is 5.79. The molecule has 1 aromatic rings. The van der Waals surface area contributed by atoms with Gasteiger partial charge in [-0.05, 0) is 6.42 Å². The van der Waals surface area contributed by atoms with E-state index in [1.165, 1.54) is 11.1 Å². The molecule has 1 aliphatic heterocycles. The summed E-state index contributed by atoms with van der Waals surface area (Å²) in [5, 5.41) is 18.9. The number of carbonyl (C=O) groups is 2. The molecule has 0 spiro atoms. The SMILES string of the molecule is CCCN(C(=O)c1cn[nH]n1)C1COCC1C(=O)O. The van der Waals surface area contributed by atoms with Gasteiger partial charge in [-0.15, -0.1) is 0 Å². The van der Waals surface area contributed by atoms with E-state index in [0.717, 1.165) is 6.42 Å². The van der Waals surface area contributed by atoms with Crippen molar-refractivity contribution >= 4 is 11.9 Å². The van der Waals surface area contributed by atoms with Crippen LogP contribution in [0.4, 0.5) is 0 Å². The molecule has 1 aromatic heterocycles. The lowest BCUT2D eigenvalue weighted by molar-refractivity contribution is -0.142. The molecule has 0 saturated carbocycles. The molecule has 2 N–H and O–H groups in total. The average molecular weight is 268 g/mol. The Hall–Kier alpha value is -1.96. The summed E-state index contributed by atoms with van der Waals surface area (Å²) in [6.07, 6.45) is 2.06. The number of aliphatic carboxylic acids is 1. The maximum atomic E-state index is 12.3. The molecule has 2 atom stereocenters. The fourth-order valence-electron chi connectivity index (χ4n) is 2.20. The molecule has 2 heterocycles. The van der Waals surface area contributed by atoms with E-state index in [4.69, 9.17) is 9.84 Å². The summed E-state index contributed by atoms with van der Waals surface area (Å²) in [6, 6.07) is -0.457. The molecular formula is C11H16N4O4. The van der Waals surface area contributed by atoms with E-state index in [-0.39, 0.29) is 24.8 Å². The van der Waals surface area contributed by atoms with Crippen LogP contribution in [0.2, 0.25) is 0 Å². The van der Waals surface area contributed by atoms with Gasteiger partial charge in [0.05, 0.1) is 25.5 Å². The van der Waals surface area contributed by atoms with Gasteiger partial charge in [-0.25, -0.2) is 0 Å². The van der Waals surface area contributed by atoms with Crippen LogP contribution in [0.25, 0.3) is 0 Å². The Labute approximate surface area is 109 Å². The van der Waals surface area contributed by atoms with Gasteiger partial charge in [0.2, 0.25) is 0 Å². The van der Waals surface area contributed by atoms with E-state index < -0.39 is 17.9 Å². The van der Waals surface area contributed by atoms with Gasteiger partial charge in [0.1, 0.15) is 5.92 Å². The van der Waals surface area contributed by atoms with E-state index in [0.29, 0.717) is 6.54 Å². The van der Waals surface area contributed by atoms with Crippen LogP contribution in [-0.4, -0.2) is 63.1 Å². The highest BCUT2D eigenvalue weighted by molar-refractivity contribution is 5.92. The molecule has 2 unspecified atom stereocenters. The van der Waals surface area contributed by atoms with Crippen molar-refractivity contribution in [1.82, 2.24) is 20.3 Å². The Morgan fingerprint density at radius 3 is 2.95 bits per heavy atom. The highest BCUT2D eigenvalue weighted by Crippen LogP contribution is 2.21. The quantitative estimate of drug-likeness (QED) is 0.762. The van der Waals surface area contributed by atoms with Gasteiger partial charge in [-0.1, -0.05) is 6.92 Å². The lowest BCUT2D eigenvalue weighted by atomic mass is 10.0. The highest BCUT2D eigenvalue weighted by atomic mass is 16.5. The van der Waals surface area contributed by atoms with Crippen molar-refractivity contribution in [2.45, 2.75) is 19.4 Å². The highest BCUT2D eigenvalue weighted by Gasteiger charge is 2.40. The molecular weight excluding hydrogens is 252 g/mol. The summed E-state index contributed by atoms with van der Waals surface area (Å²) >= 11 is 0. The van der Waals surface area contributed by atoms with E-state index >= 15 is 0 Å². The zero-order valence-corrected chi connectivity index (χ0v) is 10.6. The van der Waals surface area contributed by atoms with E-state index in [9.17, 15) is 9.59 Å². The van der Waals surface area contributed by atoms with Crippen LogP contribution in [0.15, 0.2) is 6.20 Å². The summed E-state index contributed by atoms with van der Waals surface area (Å²) < 4.78 is 5.21. The summed E-state index contributed by atoms with van der Waals surface area (Å²) in [5.74, 6) is -1.96. The maximum Gasteiger partial charge on any atom is 0.311 e. The number of aromatic nitrogens is 3. The molecule has 1 saturated heterocycles. The second-order valence-electron chi connectivity index (χ2n) is 4.40. The molecule has 0 aliphatic carbocycles. The van der Waals surface area contributed by atoms with Crippen LogP contribution in [-0.2, 0) is 9.53 Å². The number of H-pyrrole nitrogens is 1. The van der Waals surface area contributed by atoms with Gasteiger partial charge in [-0.3, -0.25) is 9.59 Å². The average Bonchev–Trinajstić information content (AvgIpc) is 3.05. The van der Waals surface area contributed by atoms with E-state index in [1.54, 1.807) is 0 Å². The van der Waals surface area contributed by atoms with Gasteiger partial charge in [-0.2, -0.15) is 15.4 Å². The zero-order chi connectivity index (χ0) is 13.8. The minimum absolute atomic E-state index is 0.131. The van der Waals surface area contributed by atoms with Crippen molar-refractivity contribution in [2.75, 3.05) is 19.8 Å². The van der Waals surface area contributed by atoms with Crippen LogP contribution in [0.3, 0.4) is 0 Å². The molecule has 1 amide bonds. The smallest absolute Gasteiger partial charge is 0.311 e. The van der Waals surface area contributed by atoms with Crippen molar-refractivity contribution in [2.24, 2.45) is 5.92 Å². The number of amides is 1. The predicted molar refractivity (Wildman–Crippen MR) is 63.4 cm³/mol. The van der Waals surface area contributed by atoms with Gasteiger partial charge in [0, 0.05) is 6.54 Å². The third-order valence-corrected chi connectivity index (χ3v) is 3.13. The van der Waals surface area contributed by atoms with Gasteiger partial charge in [0.25, 0.3) is 5.91 Å². The molecule has 1 aliphatic rings. The van der Waals surface area contributed by atoms with Crippen LogP contribution in [0.5, 0.6) is 0 Å². The molecule has 19 heavy (non-hydrogen) atoms. The third-order valence-electron chi connectivity index (χ3n) is 3.13. The molecule has 2 rings (SSSR count). The summed E-state index contributed by atoms with van der Waals surface area (Å²) in [4.78, 5) is 25.0. The number of nitrogens with one attached hydrogen (secondary N) is 1. The Morgan fingerprint density at radius 1 is 1.58 bits per heavy atom. The topological polar surface area (TPSA) is 108 Å². The van der Waals surface area contributed by atoms with Crippen LogP contribution in [0, 0.1) is 5.92 Å². The number of nitrogens with zero attached hydrogens (tertiary/aromatic N) is 3. The first-order chi connectivity index (χ1) is 9.15. The Kier molecular flexibility index (Phi) is 4.10. The number of hydrogen-bond acceptors (Lipinski definition) is 5. The lowest BCUT2D eigenvalue weighted by Gasteiger charge is -2.29. The van der Waals surface area contributed by atoms with Crippen molar-refractivity contribution < 1.29 is 19.4 Å². The van der Waals surface area contributed by atoms with Crippen molar-refractivity contribution in [1.29, 1.82) is 0 Å². The second-order valence-corrected chi connectivity index (χ2v) is 4.40. The number of hydrogen-bond donors (Lipinski definition) is 2. The van der Waals surface area contributed by atoms with Crippen molar-refractivity contribution in [3.05, 3.63) is 11.9 Å². The molecule has 0 aromatic carbocycles. The largest absolute Gasteiger partial charge is 0.481 e. The number of carbonyl (C=O) groups excluding carboxylic acids is 1. The number of carboxylic acid groups (broad SMARTS) is 1. The number of carboxylic acids is 1. The van der Waals surface area contributed by atoms with Gasteiger partial charge < -0.3 is 14.7 Å². The molecule has 8 nitrogen and oxygen atoms in total. The predicted octanol–water partition coefficient (Wildman–Crippen LogP) is -0.243. The number of rotatable bonds is 5. The minimum Gasteiger partial charge on any atom is -0.481 e. The molecule has 104 valence electrons. The molecule has 0 radical (unpaired) electrons. The van der Waals surface area contributed by atoms with Crippen molar-refractivity contribution in [3.63, 3.8) is 0 Å². The first-order valence-corrected chi connectivity index (χ1v) is 6.12. The van der Waals surface area contributed by atoms with Crippen molar-refractivity contribution in [3.8, 4) is 0 Å². The molecule has 1 fully saturated rings. The zero-order valence-electron chi connectivity index (χ0n) is 10.6. The lowest BCUT2D eigenvalue weighted by Crippen LogP contribution is -2.47. The Morgan fingerprint density at radius 2 is 2.37 bits per heavy atom. The fraction of sp³-hybridized carbons (Fsp3) is 0.636. The number of aromatic amines is 1. The van der Waals surface area contributed by atoms with Crippen LogP contribution < -0.4 is 0 Å². The van der Waals surface area contributed by atoms with Gasteiger partial charge >= 0.3 is 5.97 Å². The minimum atomic E-state index is -0.948. The Bertz CT molecular complexity index is 448. The van der Waals surface area contributed by atoms with Crippen LogP contribution in [0.1, 0.15) is 23.8 Å². The Balaban J connectivity index is 2.20. The monoisotopic (exact) mass is 268 g/mol. The van der Waals surface area contributed by atoms with Gasteiger partial charge in [0.15, 0.2) is 5.69 Å². The standard InChI is InChI=1S/C11H16N4O4/c1-2-3-15(10(16)8-4-12-14-13-8)9-6-19-5-7(9)11(17)18/h4,7,9H,2-3,5-6H2,1H3,(H,17,18)(H,12,13,14). The third kappa shape index (κ3) is 2.73. The summed E-state index contributed by atoms with van der Waals surface area (Å²) in [5.41, 5.74) is 0.185. The first kappa shape index (κ1) is 13.5. The fourth-order valence-corrected chi connectivity index (χ4v) is 2.20. The van der Waals surface area contributed by atoms with E-state index in [2.05, 4.69) is 15.4 Å². The van der Waals surface area contributed by atoms with E-state index in [1.807, 2.05) is 6.92 Å².